The third-order valence-electron chi connectivity index (χ3n) is 5.36. The van der Waals surface area contributed by atoms with Gasteiger partial charge < -0.3 is 4.90 Å². The molecule has 0 bridgehead atoms. The maximum atomic E-state index is 9.32. The molecular formula is C19H22N4. The highest BCUT2D eigenvalue weighted by Gasteiger charge is 2.34. The van der Waals surface area contributed by atoms with Crippen molar-refractivity contribution in [3.8, 4) is 6.07 Å². The molecule has 2 saturated heterocycles. The van der Waals surface area contributed by atoms with Crippen molar-refractivity contribution in [3.63, 3.8) is 0 Å². The summed E-state index contributed by atoms with van der Waals surface area (Å²) < 4.78 is 0. The van der Waals surface area contributed by atoms with E-state index >= 15 is 0 Å². The third-order valence-corrected chi connectivity index (χ3v) is 5.36. The summed E-state index contributed by atoms with van der Waals surface area (Å²) in [7, 11) is 0. The van der Waals surface area contributed by atoms with Crippen molar-refractivity contribution in [2.24, 2.45) is 0 Å². The van der Waals surface area contributed by atoms with Crippen LogP contribution in [0.2, 0.25) is 0 Å². The van der Waals surface area contributed by atoms with Crippen molar-refractivity contribution in [2.75, 3.05) is 24.5 Å². The molecule has 23 heavy (non-hydrogen) atoms. The number of anilines is 1. The van der Waals surface area contributed by atoms with Gasteiger partial charge in [0.2, 0.25) is 0 Å². The molecule has 2 aliphatic heterocycles. The van der Waals surface area contributed by atoms with Gasteiger partial charge in [0.25, 0.3) is 0 Å². The fourth-order valence-corrected chi connectivity index (χ4v) is 4.27. The minimum Gasteiger partial charge on any atom is -0.368 e. The molecule has 2 atom stereocenters. The Hall–Kier alpha value is -2.12. The fourth-order valence-electron chi connectivity index (χ4n) is 4.27. The molecule has 0 unspecified atom stereocenters. The molecule has 0 radical (unpaired) electrons. The summed E-state index contributed by atoms with van der Waals surface area (Å²) in [5, 5.41) is 10.4. The SMILES string of the molecule is C[C@H]1CN(c2ccc(C#N)c3ncccc23)C[C@H]2CCCCN21. The van der Waals surface area contributed by atoms with E-state index in [9.17, 15) is 5.26 Å². The van der Waals surface area contributed by atoms with Crippen LogP contribution in [0.1, 0.15) is 31.7 Å². The molecular weight excluding hydrogens is 284 g/mol. The van der Waals surface area contributed by atoms with Gasteiger partial charge in [0.15, 0.2) is 0 Å². The van der Waals surface area contributed by atoms with Crippen LogP contribution in [-0.2, 0) is 0 Å². The summed E-state index contributed by atoms with van der Waals surface area (Å²) >= 11 is 0. The number of pyridine rings is 1. The first-order valence-electron chi connectivity index (χ1n) is 8.56. The first-order chi connectivity index (χ1) is 11.3. The molecule has 0 saturated carbocycles. The topological polar surface area (TPSA) is 43.2 Å². The van der Waals surface area contributed by atoms with E-state index in [1.54, 1.807) is 6.20 Å². The largest absolute Gasteiger partial charge is 0.368 e. The first-order valence-corrected chi connectivity index (χ1v) is 8.56. The zero-order chi connectivity index (χ0) is 15.8. The number of hydrogen-bond donors (Lipinski definition) is 0. The lowest BCUT2D eigenvalue weighted by molar-refractivity contribution is 0.0864. The van der Waals surface area contributed by atoms with Crippen molar-refractivity contribution >= 4 is 16.6 Å². The van der Waals surface area contributed by atoms with E-state index in [-0.39, 0.29) is 0 Å². The molecule has 2 aromatic rings. The molecule has 2 aliphatic rings. The average molecular weight is 306 g/mol. The van der Waals surface area contributed by atoms with E-state index in [0.717, 1.165) is 24.0 Å². The smallest absolute Gasteiger partial charge is 0.101 e. The van der Waals surface area contributed by atoms with Crippen LogP contribution >= 0.6 is 0 Å². The maximum Gasteiger partial charge on any atom is 0.101 e. The van der Waals surface area contributed by atoms with E-state index in [1.165, 1.54) is 31.5 Å². The standard InChI is InChI=1S/C19H22N4/c1-14-12-22(13-16-5-2-3-10-23(14)16)18-8-7-15(11-20)19-17(18)6-4-9-21-19/h4,6-9,14,16H,2-3,5,10,12-13H2,1H3/t14-,16+/m0/s1. The Morgan fingerprint density at radius 2 is 2.13 bits per heavy atom. The third kappa shape index (κ3) is 2.46. The van der Waals surface area contributed by atoms with Gasteiger partial charge in [0.1, 0.15) is 6.07 Å². The molecule has 0 spiro atoms. The van der Waals surface area contributed by atoms with Gasteiger partial charge >= 0.3 is 0 Å². The number of piperidine rings is 1. The Morgan fingerprint density at radius 3 is 3.00 bits per heavy atom. The minimum atomic E-state index is 0.580. The highest BCUT2D eigenvalue weighted by molar-refractivity contribution is 5.95. The van der Waals surface area contributed by atoms with Crippen LogP contribution in [0.25, 0.3) is 10.9 Å². The number of fused-ring (bicyclic) bond motifs is 2. The van der Waals surface area contributed by atoms with E-state index < -0.39 is 0 Å². The van der Waals surface area contributed by atoms with Crippen LogP contribution in [0.4, 0.5) is 5.69 Å². The highest BCUT2D eigenvalue weighted by atomic mass is 15.3. The van der Waals surface area contributed by atoms with Gasteiger partial charge in [-0.1, -0.05) is 6.42 Å². The van der Waals surface area contributed by atoms with Gasteiger partial charge in [0, 0.05) is 42.4 Å². The van der Waals surface area contributed by atoms with Crippen LogP contribution in [0.5, 0.6) is 0 Å². The Balaban J connectivity index is 1.74. The molecule has 1 aromatic heterocycles. The Labute approximate surface area is 137 Å². The summed E-state index contributed by atoms with van der Waals surface area (Å²) in [6.07, 6.45) is 5.75. The summed E-state index contributed by atoms with van der Waals surface area (Å²) in [4.78, 5) is 9.64. The summed E-state index contributed by atoms with van der Waals surface area (Å²) in [5.41, 5.74) is 2.71. The van der Waals surface area contributed by atoms with Crippen LogP contribution in [-0.4, -0.2) is 41.6 Å². The second-order valence-corrected chi connectivity index (χ2v) is 6.79. The number of aromatic nitrogens is 1. The van der Waals surface area contributed by atoms with E-state index in [0.29, 0.717) is 17.6 Å². The molecule has 0 aliphatic carbocycles. The van der Waals surface area contributed by atoms with Gasteiger partial charge in [0.05, 0.1) is 11.1 Å². The number of nitriles is 1. The summed E-state index contributed by atoms with van der Waals surface area (Å²) in [6.45, 7) is 5.72. The van der Waals surface area contributed by atoms with E-state index in [1.807, 2.05) is 12.1 Å². The summed E-state index contributed by atoms with van der Waals surface area (Å²) in [5.74, 6) is 0. The maximum absolute atomic E-state index is 9.32. The molecule has 4 nitrogen and oxygen atoms in total. The fraction of sp³-hybridized carbons (Fsp3) is 0.474. The van der Waals surface area contributed by atoms with Gasteiger partial charge in [-0.2, -0.15) is 5.26 Å². The number of nitrogens with zero attached hydrogens (tertiary/aromatic N) is 4. The predicted molar refractivity (Wildman–Crippen MR) is 92.5 cm³/mol. The van der Waals surface area contributed by atoms with Crippen molar-refractivity contribution in [2.45, 2.75) is 38.3 Å². The molecule has 4 rings (SSSR count). The van der Waals surface area contributed by atoms with Crippen LogP contribution in [0.15, 0.2) is 30.5 Å². The number of hydrogen-bond acceptors (Lipinski definition) is 4. The van der Waals surface area contributed by atoms with Crippen LogP contribution in [0.3, 0.4) is 0 Å². The van der Waals surface area contributed by atoms with Gasteiger partial charge in [-0.3, -0.25) is 9.88 Å². The van der Waals surface area contributed by atoms with Gasteiger partial charge in [-0.05, 0) is 50.6 Å². The minimum absolute atomic E-state index is 0.580. The molecule has 0 N–H and O–H groups in total. The lowest BCUT2D eigenvalue weighted by atomic mass is 9.95. The Bertz CT molecular complexity index is 764. The monoisotopic (exact) mass is 306 g/mol. The zero-order valence-electron chi connectivity index (χ0n) is 13.6. The second kappa shape index (κ2) is 5.82. The number of benzene rings is 1. The second-order valence-electron chi connectivity index (χ2n) is 6.79. The lowest BCUT2D eigenvalue weighted by Crippen LogP contribution is -2.59. The number of rotatable bonds is 1. The van der Waals surface area contributed by atoms with E-state index in [4.69, 9.17) is 0 Å². The van der Waals surface area contributed by atoms with Crippen molar-refractivity contribution < 1.29 is 0 Å². The molecule has 0 amide bonds. The molecule has 3 heterocycles. The average Bonchev–Trinajstić information content (AvgIpc) is 2.60. The quantitative estimate of drug-likeness (QED) is 0.811. The Morgan fingerprint density at radius 1 is 1.22 bits per heavy atom. The lowest BCUT2D eigenvalue weighted by Gasteiger charge is -2.49. The number of piperazine rings is 1. The van der Waals surface area contributed by atoms with Crippen molar-refractivity contribution in [1.82, 2.24) is 9.88 Å². The van der Waals surface area contributed by atoms with Crippen LogP contribution in [0, 0.1) is 11.3 Å². The molecule has 2 fully saturated rings. The Kier molecular flexibility index (Phi) is 3.66. The predicted octanol–water partition coefficient (Wildman–Crippen LogP) is 3.17. The van der Waals surface area contributed by atoms with Crippen LogP contribution < -0.4 is 4.90 Å². The van der Waals surface area contributed by atoms with E-state index in [2.05, 4.69) is 39.9 Å². The molecule has 4 heteroatoms. The van der Waals surface area contributed by atoms with Gasteiger partial charge in [-0.15, -0.1) is 0 Å². The molecule has 1 aromatic carbocycles. The summed E-state index contributed by atoms with van der Waals surface area (Å²) in [6, 6.07) is 11.6. The first kappa shape index (κ1) is 14.5. The normalized spacial score (nSPS) is 25.1. The molecule has 118 valence electrons. The van der Waals surface area contributed by atoms with Gasteiger partial charge in [-0.25, -0.2) is 0 Å². The zero-order valence-corrected chi connectivity index (χ0v) is 13.6. The highest BCUT2D eigenvalue weighted by Crippen LogP contribution is 2.33. The van der Waals surface area contributed by atoms with Crippen molar-refractivity contribution in [3.05, 3.63) is 36.0 Å². The van der Waals surface area contributed by atoms with Crippen molar-refractivity contribution in [1.29, 1.82) is 5.26 Å².